The molecule has 0 radical (unpaired) electrons. The SMILES string of the molecule is COc1ccc(OC)c(N/C=C/C(=O)c2cc(C)ccc2C)c1. The first-order chi connectivity index (χ1) is 11.0. The number of anilines is 1. The molecule has 2 aromatic carbocycles. The maximum atomic E-state index is 12.3. The molecule has 0 heterocycles. The van der Waals surface area contributed by atoms with Gasteiger partial charge in [-0.2, -0.15) is 0 Å². The molecule has 0 aromatic heterocycles. The third kappa shape index (κ3) is 4.13. The summed E-state index contributed by atoms with van der Waals surface area (Å²) in [4.78, 5) is 12.3. The summed E-state index contributed by atoms with van der Waals surface area (Å²) in [5.41, 5.74) is 3.47. The average Bonchev–Trinajstić information content (AvgIpc) is 2.56. The third-order valence-corrected chi connectivity index (χ3v) is 3.54. The molecule has 0 spiro atoms. The van der Waals surface area contributed by atoms with Crippen LogP contribution in [0.15, 0.2) is 48.7 Å². The molecule has 0 saturated heterocycles. The Morgan fingerprint density at radius 2 is 1.83 bits per heavy atom. The predicted octanol–water partition coefficient (Wildman–Crippen LogP) is 4.13. The van der Waals surface area contributed by atoms with Gasteiger partial charge in [0, 0.05) is 23.9 Å². The number of carbonyl (C=O) groups excluding carboxylic acids is 1. The number of hydrogen-bond acceptors (Lipinski definition) is 4. The molecule has 0 amide bonds. The molecule has 0 saturated carbocycles. The summed E-state index contributed by atoms with van der Waals surface area (Å²) in [7, 11) is 3.20. The van der Waals surface area contributed by atoms with Gasteiger partial charge in [0.1, 0.15) is 11.5 Å². The van der Waals surface area contributed by atoms with Crippen molar-refractivity contribution in [3.63, 3.8) is 0 Å². The van der Waals surface area contributed by atoms with Crippen molar-refractivity contribution < 1.29 is 14.3 Å². The summed E-state index contributed by atoms with van der Waals surface area (Å²) in [6.45, 7) is 3.90. The predicted molar refractivity (Wildman–Crippen MR) is 92.6 cm³/mol. The highest BCUT2D eigenvalue weighted by atomic mass is 16.5. The highest BCUT2D eigenvalue weighted by molar-refractivity contribution is 6.05. The van der Waals surface area contributed by atoms with Crippen molar-refractivity contribution in [1.29, 1.82) is 0 Å². The zero-order chi connectivity index (χ0) is 16.8. The molecule has 2 rings (SSSR count). The number of aryl methyl sites for hydroxylation is 2. The molecule has 1 N–H and O–H groups in total. The smallest absolute Gasteiger partial charge is 0.187 e. The first-order valence-electron chi connectivity index (χ1n) is 7.32. The number of hydrogen-bond donors (Lipinski definition) is 1. The van der Waals surface area contributed by atoms with E-state index in [0.29, 0.717) is 17.1 Å². The quantitative estimate of drug-likeness (QED) is 0.643. The van der Waals surface area contributed by atoms with Crippen LogP contribution >= 0.6 is 0 Å². The van der Waals surface area contributed by atoms with E-state index in [0.717, 1.165) is 16.8 Å². The first kappa shape index (κ1) is 16.6. The Morgan fingerprint density at radius 1 is 1.04 bits per heavy atom. The fourth-order valence-corrected chi connectivity index (χ4v) is 2.23. The van der Waals surface area contributed by atoms with E-state index in [4.69, 9.17) is 9.47 Å². The fraction of sp³-hybridized carbons (Fsp3) is 0.211. The highest BCUT2D eigenvalue weighted by Gasteiger charge is 2.07. The van der Waals surface area contributed by atoms with Gasteiger partial charge in [0.05, 0.1) is 19.9 Å². The molecule has 4 nitrogen and oxygen atoms in total. The van der Waals surface area contributed by atoms with Crippen molar-refractivity contribution >= 4 is 11.5 Å². The molecule has 120 valence electrons. The molecule has 0 aliphatic rings. The number of allylic oxidation sites excluding steroid dienone is 1. The van der Waals surface area contributed by atoms with E-state index in [1.807, 2.05) is 50.2 Å². The molecule has 0 fully saturated rings. The topological polar surface area (TPSA) is 47.6 Å². The van der Waals surface area contributed by atoms with Crippen LogP contribution in [0.1, 0.15) is 21.5 Å². The minimum absolute atomic E-state index is 0.0411. The minimum atomic E-state index is -0.0411. The Bertz CT molecular complexity index is 735. The molecule has 23 heavy (non-hydrogen) atoms. The van der Waals surface area contributed by atoms with Crippen molar-refractivity contribution in [3.8, 4) is 11.5 Å². The molecule has 0 unspecified atom stereocenters. The Kier molecular flexibility index (Phi) is 5.41. The fourth-order valence-electron chi connectivity index (χ4n) is 2.23. The molecule has 0 bridgehead atoms. The van der Waals surface area contributed by atoms with Crippen molar-refractivity contribution in [2.24, 2.45) is 0 Å². The van der Waals surface area contributed by atoms with E-state index in [1.54, 1.807) is 20.4 Å². The van der Waals surface area contributed by atoms with Gasteiger partial charge in [-0.25, -0.2) is 0 Å². The second-order valence-electron chi connectivity index (χ2n) is 5.23. The lowest BCUT2D eigenvalue weighted by atomic mass is 10.0. The number of benzene rings is 2. The largest absolute Gasteiger partial charge is 0.497 e. The van der Waals surface area contributed by atoms with E-state index < -0.39 is 0 Å². The second kappa shape index (κ2) is 7.49. The summed E-state index contributed by atoms with van der Waals surface area (Å²) in [5, 5.41) is 3.07. The van der Waals surface area contributed by atoms with Crippen molar-refractivity contribution in [3.05, 3.63) is 65.4 Å². The van der Waals surface area contributed by atoms with E-state index in [1.165, 1.54) is 6.08 Å². The third-order valence-electron chi connectivity index (χ3n) is 3.54. The second-order valence-corrected chi connectivity index (χ2v) is 5.23. The van der Waals surface area contributed by atoms with Crippen LogP contribution in [-0.4, -0.2) is 20.0 Å². The van der Waals surface area contributed by atoms with Gasteiger partial charge < -0.3 is 14.8 Å². The maximum absolute atomic E-state index is 12.3. The van der Waals surface area contributed by atoms with Gasteiger partial charge in [0.2, 0.25) is 0 Å². The van der Waals surface area contributed by atoms with E-state index in [2.05, 4.69) is 5.32 Å². The number of ketones is 1. The van der Waals surface area contributed by atoms with Gasteiger partial charge in [-0.3, -0.25) is 4.79 Å². The van der Waals surface area contributed by atoms with E-state index in [9.17, 15) is 4.79 Å². The van der Waals surface area contributed by atoms with Crippen LogP contribution < -0.4 is 14.8 Å². The molecular formula is C19H21NO3. The summed E-state index contributed by atoms with van der Waals surface area (Å²) in [6.07, 6.45) is 3.13. The summed E-state index contributed by atoms with van der Waals surface area (Å²) in [6, 6.07) is 11.3. The van der Waals surface area contributed by atoms with E-state index >= 15 is 0 Å². The number of carbonyl (C=O) groups is 1. The zero-order valence-electron chi connectivity index (χ0n) is 13.8. The van der Waals surface area contributed by atoms with Crippen LogP contribution in [0.4, 0.5) is 5.69 Å². The van der Waals surface area contributed by atoms with Gasteiger partial charge in [0.25, 0.3) is 0 Å². The first-order valence-corrected chi connectivity index (χ1v) is 7.32. The minimum Gasteiger partial charge on any atom is -0.497 e. The van der Waals surface area contributed by atoms with Crippen LogP contribution in [0.3, 0.4) is 0 Å². The Labute approximate surface area is 136 Å². The molecule has 0 aliphatic heterocycles. The summed E-state index contributed by atoms with van der Waals surface area (Å²) < 4.78 is 10.5. The monoisotopic (exact) mass is 311 g/mol. The van der Waals surface area contributed by atoms with Crippen LogP contribution in [-0.2, 0) is 0 Å². The summed E-state index contributed by atoms with van der Waals surface area (Å²) >= 11 is 0. The number of methoxy groups -OCH3 is 2. The summed E-state index contributed by atoms with van der Waals surface area (Å²) in [5.74, 6) is 1.35. The van der Waals surface area contributed by atoms with Gasteiger partial charge in [-0.1, -0.05) is 17.7 Å². The Balaban J connectivity index is 2.15. The highest BCUT2D eigenvalue weighted by Crippen LogP contribution is 2.28. The van der Waals surface area contributed by atoms with Crippen molar-refractivity contribution in [2.45, 2.75) is 13.8 Å². The Hall–Kier alpha value is -2.75. The van der Waals surface area contributed by atoms with Gasteiger partial charge in [0.15, 0.2) is 5.78 Å². The van der Waals surface area contributed by atoms with Gasteiger partial charge >= 0.3 is 0 Å². The molecular weight excluding hydrogens is 290 g/mol. The standard InChI is InChI=1S/C19H21NO3/c1-13-5-6-14(2)16(11-13)18(21)9-10-20-17-12-15(22-3)7-8-19(17)23-4/h5-12,20H,1-4H3/b10-9+. The maximum Gasteiger partial charge on any atom is 0.187 e. The van der Waals surface area contributed by atoms with Gasteiger partial charge in [-0.05, 0) is 37.6 Å². The molecule has 4 heteroatoms. The normalized spacial score (nSPS) is 10.6. The molecule has 2 aromatic rings. The van der Waals surface area contributed by atoms with Crippen LogP contribution in [0.5, 0.6) is 11.5 Å². The number of ether oxygens (including phenoxy) is 2. The van der Waals surface area contributed by atoms with Crippen LogP contribution in [0.2, 0.25) is 0 Å². The van der Waals surface area contributed by atoms with E-state index in [-0.39, 0.29) is 5.78 Å². The zero-order valence-corrected chi connectivity index (χ0v) is 13.8. The molecule has 0 aliphatic carbocycles. The van der Waals surface area contributed by atoms with Crippen LogP contribution in [0, 0.1) is 13.8 Å². The lowest BCUT2D eigenvalue weighted by molar-refractivity contribution is 0.104. The number of rotatable bonds is 6. The molecule has 0 atom stereocenters. The average molecular weight is 311 g/mol. The van der Waals surface area contributed by atoms with Gasteiger partial charge in [-0.15, -0.1) is 0 Å². The number of nitrogens with one attached hydrogen (secondary N) is 1. The van der Waals surface area contributed by atoms with Crippen molar-refractivity contribution in [1.82, 2.24) is 0 Å². The van der Waals surface area contributed by atoms with Crippen LogP contribution in [0.25, 0.3) is 0 Å². The van der Waals surface area contributed by atoms with Crippen molar-refractivity contribution in [2.75, 3.05) is 19.5 Å². The lowest BCUT2D eigenvalue weighted by Crippen LogP contribution is -2.00. The Morgan fingerprint density at radius 3 is 2.52 bits per heavy atom. The lowest BCUT2D eigenvalue weighted by Gasteiger charge is -2.10.